The van der Waals surface area contributed by atoms with Gasteiger partial charge in [-0.3, -0.25) is 10.1 Å². The van der Waals surface area contributed by atoms with Crippen molar-refractivity contribution in [2.75, 3.05) is 0 Å². The summed E-state index contributed by atoms with van der Waals surface area (Å²) in [6.07, 6.45) is 5.00. The SMILES string of the molecule is CCC1=c2ccc([nH]2)=C(CC)c2cc(CC)c([nH]2)C(C(C)[N+](=O)[O-])=c2c(CC)c(CC)c(n2CC)=C(CC)c2ccc1[nH]2. The molecule has 1 atom stereocenters. The number of fused-ring (bicyclic) bond motifs is 8. The highest BCUT2D eigenvalue weighted by atomic mass is 16.6. The number of nitrogens with one attached hydrogen (secondary N) is 3. The molecule has 3 N–H and O–H groups in total. The molecule has 7 heteroatoms. The van der Waals surface area contributed by atoms with Crippen LogP contribution in [0.3, 0.4) is 0 Å². The van der Waals surface area contributed by atoms with Crippen LogP contribution in [0.15, 0.2) is 30.3 Å². The molecular formula is C36H47N5O2. The minimum absolute atomic E-state index is 0.128. The molecule has 4 aromatic rings. The number of aryl methyl sites for hydroxylation is 1. The first-order valence-electron chi connectivity index (χ1n) is 16.2. The van der Waals surface area contributed by atoms with Gasteiger partial charge in [0.1, 0.15) is 0 Å². The van der Waals surface area contributed by atoms with E-state index in [9.17, 15) is 10.1 Å². The molecule has 0 radical (unpaired) electrons. The number of hydrogen-bond donors (Lipinski definition) is 3. The van der Waals surface area contributed by atoms with E-state index in [0.717, 1.165) is 95.0 Å². The fourth-order valence-electron chi connectivity index (χ4n) is 7.30. The van der Waals surface area contributed by atoms with Crippen molar-refractivity contribution in [1.82, 2.24) is 19.5 Å². The molecule has 5 heterocycles. The van der Waals surface area contributed by atoms with Crippen molar-refractivity contribution in [1.29, 1.82) is 0 Å². The Bertz CT molecular complexity index is 1920. The standard InChI is InChI=1S/C36H47N5O2/c1-9-22-20-32-26(13-5)30-17-16-28(37-30)25(12-4)29-18-19-31(38-29)27(14-6)35-23(10-2)24(11-3)36(40(35)15-7)33(34(22)39-32)21(8)41(42)43/h16-21,37-39H,9-15H2,1-8H3. The van der Waals surface area contributed by atoms with Gasteiger partial charge in [0.15, 0.2) is 0 Å². The fraction of sp³-hybridized carbons (Fsp3) is 0.444. The molecule has 0 fully saturated rings. The molecule has 0 saturated heterocycles. The Hall–Kier alpha value is -4.00. The second-order valence-electron chi connectivity index (χ2n) is 11.5. The number of nitrogens with zero attached hydrogens (tertiary/aromatic N) is 2. The van der Waals surface area contributed by atoms with Gasteiger partial charge < -0.3 is 19.5 Å². The first kappa shape index (κ1) is 30.5. The zero-order chi connectivity index (χ0) is 31.0. The second-order valence-corrected chi connectivity index (χ2v) is 11.5. The lowest BCUT2D eigenvalue weighted by Gasteiger charge is -2.14. The lowest BCUT2D eigenvalue weighted by Crippen LogP contribution is -2.35. The molecule has 0 amide bonds. The highest BCUT2D eigenvalue weighted by Gasteiger charge is 2.30. The first-order chi connectivity index (χ1) is 20.8. The average Bonchev–Trinajstić information content (AvgIpc) is 3.81. The quantitative estimate of drug-likeness (QED) is 0.188. The monoisotopic (exact) mass is 581 g/mol. The average molecular weight is 582 g/mol. The van der Waals surface area contributed by atoms with Crippen molar-refractivity contribution < 1.29 is 4.92 Å². The topological polar surface area (TPSA) is 95.4 Å². The summed E-state index contributed by atoms with van der Waals surface area (Å²) in [5.74, 6) is 0. The molecule has 0 saturated carbocycles. The predicted molar refractivity (Wildman–Crippen MR) is 176 cm³/mol. The molecule has 43 heavy (non-hydrogen) atoms. The predicted octanol–water partition coefficient (Wildman–Crippen LogP) is 5.18. The van der Waals surface area contributed by atoms with Crippen molar-refractivity contribution >= 4 is 22.3 Å². The summed E-state index contributed by atoms with van der Waals surface area (Å²) in [6.45, 7) is 17.8. The zero-order valence-electron chi connectivity index (χ0n) is 27.1. The van der Waals surface area contributed by atoms with Crippen molar-refractivity contribution in [3.8, 4) is 0 Å². The smallest absolute Gasteiger partial charge is 0.239 e. The summed E-state index contributed by atoms with van der Waals surface area (Å²) in [7, 11) is 0. The highest BCUT2D eigenvalue weighted by molar-refractivity contribution is 5.75. The maximum atomic E-state index is 12.6. The zero-order valence-corrected chi connectivity index (χ0v) is 27.1. The molecule has 1 unspecified atom stereocenters. The van der Waals surface area contributed by atoms with Crippen molar-refractivity contribution in [3.05, 3.63) is 101 Å². The van der Waals surface area contributed by atoms with Gasteiger partial charge in [0.2, 0.25) is 6.04 Å². The molecule has 0 aromatic carbocycles. The lowest BCUT2D eigenvalue weighted by atomic mass is 9.96. The van der Waals surface area contributed by atoms with E-state index in [2.05, 4.69) is 98.3 Å². The third-order valence-electron chi connectivity index (χ3n) is 9.38. The van der Waals surface area contributed by atoms with E-state index in [1.54, 1.807) is 6.92 Å². The van der Waals surface area contributed by atoms with Gasteiger partial charge in [0, 0.05) is 51.5 Å². The minimum Gasteiger partial charge on any atom is -0.355 e. The van der Waals surface area contributed by atoms with Crippen LogP contribution >= 0.6 is 0 Å². The molecular weight excluding hydrogens is 534 g/mol. The van der Waals surface area contributed by atoms with Crippen LogP contribution in [-0.4, -0.2) is 30.5 Å². The maximum Gasteiger partial charge on any atom is 0.239 e. The van der Waals surface area contributed by atoms with Crippen LogP contribution in [0.25, 0.3) is 22.3 Å². The largest absolute Gasteiger partial charge is 0.355 e. The molecule has 0 spiro atoms. The van der Waals surface area contributed by atoms with E-state index in [0.29, 0.717) is 0 Å². The number of aromatic amines is 3. The van der Waals surface area contributed by atoms with Crippen LogP contribution in [0.1, 0.15) is 114 Å². The Morgan fingerprint density at radius 2 is 1.26 bits per heavy atom. The fourth-order valence-corrected chi connectivity index (χ4v) is 7.30. The second kappa shape index (κ2) is 12.3. The Kier molecular flexibility index (Phi) is 8.72. The molecule has 5 rings (SSSR count). The molecule has 0 aliphatic carbocycles. The van der Waals surface area contributed by atoms with E-state index >= 15 is 0 Å². The Labute approximate surface area is 254 Å². The minimum atomic E-state index is -0.884. The summed E-state index contributed by atoms with van der Waals surface area (Å²) >= 11 is 0. The third kappa shape index (κ3) is 4.92. The first-order valence-corrected chi connectivity index (χ1v) is 16.2. The van der Waals surface area contributed by atoms with E-state index in [4.69, 9.17) is 0 Å². The third-order valence-corrected chi connectivity index (χ3v) is 9.38. The van der Waals surface area contributed by atoms with Gasteiger partial charge in [-0.25, -0.2) is 0 Å². The summed E-state index contributed by atoms with van der Waals surface area (Å²) in [5.41, 5.74) is 12.2. The van der Waals surface area contributed by atoms with Crippen LogP contribution in [0.5, 0.6) is 0 Å². The van der Waals surface area contributed by atoms with Gasteiger partial charge in [0.25, 0.3) is 0 Å². The summed E-state index contributed by atoms with van der Waals surface area (Å²) in [4.78, 5) is 23.8. The van der Waals surface area contributed by atoms with Gasteiger partial charge in [-0.2, -0.15) is 0 Å². The van der Waals surface area contributed by atoms with E-state index in [1.165, 1.54) is 33.2 Å². The summed E-state index contributed by atoms with van der Waals surface area (Å²) in [5, 5.41) is 17.1. The van der Waals surface area contributed by atoms with Crippen LogP contribution in [0.2, 0.25) is 0 Å². The van der Waals surface area contributed by atoms with E-state index in [1.807, 2.05) is 0 Å². The van der Waals surface area contributed by atoms with Crippen LogP contribution in [0, 0.1) is 10.1 Å². The molecule has 8 bridgehead atoms. The number of aromatic nitrogens is 4. The Morgan fingerprint density at radius 3 is 1.77 bits per heavy atom. The molecule has 7 nitrogen and oxygen atoms in total. The van der Waals surface area contributed by atoms with Gasteiger partial charge in [-0.15, -0.1) is 0 Å². The van der Waals surface area contributed by atoms with Crippen LogP contribution in [0.4, 0.5) is 0 Å². The maximum absolute atomic E-state index is 12.6. The summed E-state index contributed by atoms with van der Waals surface area (Å²) in [6, 6.07) is 10.1. The van der Waals surface area contributed by atoms with Gasteiger partial charge >= 0.3 is 0 Å². The van der Waals surface area contributed by atoms with Gasteiger partial charge in [-0.05, 0) is 109 Å². The lowest BCUT2D eigenvalue weighted by molar-refractivity contribution is -0.501. The molecule has 1 aliphatic heterocycles. The molecule has 4 aromatic heterocycles. The Morgan fingerprint density at radius 1 is 0.698 bits per heavy atom. The van der Waals surface area contributed by atoms with E-state index < -0.39 is 6.04 Å². The van der Waals surface area contributed by atoms with Crippen LogP contribution < -0.4 is 21.4 Å². The van der Waals surface area contributed by atoms with Crippen molar-refractivity contribution in [3.63, 3.8) is 0 Å². The van der Waals surface area contributed by atoms with E-state index in [-0.39, 0.29) is 4.92 Å². The number of rotatable bonds is 9. The Balaban J connectivity index is 2.15. The number of nitro groups is 1. The summed E-state index contributed by atoms with van der Waals surface area (Å²) < 4.78 is 2.38. The number of hydrogen-bond acceptors (Lipinski definition) is 2. The molecule has 228 valence electrons. The number of H-pyrrole nitrogens is 3. The van der Waals surface area contributed by atoms with Crippen molar-refractivity contribution in [2.24, 2.45) is 0 Å². The highest BCUT2D eigenvalue weighted by Crippen LogP contribution is 2.28. The van der Waals surface area contributed by atoms with Gasteiger partial charge in [-0.1, -0.05) is 41.5 Å². The van der Waals surface area contributed by atoms with Crippen molar-refractivity contribution in [2.45, 2.75) is 107 Å². The van der Waals surface area contributed by atoms with Gasteiger partial charge in [0.05, 0.1) is 16.6 Å². The normalized spacial score (nSPS) is 14.1. The van der Waals surface area contributed by atoms with Crippen LogP contribution in [-0.2, 0) is 25.8 Å². The molecule has 1 aliphatic rings.